The van der Waals surface area contributed by atoms with E-state index in [1.807, 2.05) is 51.1 Å². The molecule has 0 radical (unpaired) electrons. The van der Waals surface area contributed by atoms with Crippen molar-refractivity contribution in [3.8, 4) is 0 Å². The minimum atomic E-state index is -0.868. The molecule has 2 aromatic carbocycles. The molecule has 34 heavy (non-hydrogen) atoms. The first-order chi connectivity index (χ1) is 16.3. The molecule has 1 aliphatic heterocycles. The van der Waals surface area contributed by atoms with Gasteiger partial charge in [0.1, 0.15) is 0 Å². The summed E-state index contributed by atoms with van der Waals surface area (Å²) >= 11 is 0. The molecule has 0 unspecified atom stereocenters. The number of nitrogens with one attached hydrogen (secondary N) is 2. The topological polar surface area (TPSA) is 81.7 Å². The largest absolute Gasteiger partial charge is 0.390 e. The summed E-state index contributed by atoms with van der Waals surface area (Å²) in [6.07, 6.45) is 2.09. The van der Waals surface area contributed by atoms with Crippen molar-refractivity contribution in [3.05, 3.63) is 65.0 Å². The molecule has 2 amide bonds. The van der Waals surface area contributed by atoms with Crippen molar-refractivity contribution in [2.75, 3.05) is 18.0 Å². The summed E-state index contributed by atoms with van der Waals surface area (Å²) in [5.41, 5.74) is 1.84. The number of benzene rings is 2. The summed E-state index contributed by atoms with van der Waals surface area (Å²) in [6, 6.07) is 12.4. The summed E-state index contributed by atoms with van der Waals surface area (Å²) in [6.45, 7) is 6.71. The molecule has 0 saturated carbocycles. The first-order valence-electron chi connectivity index (χ1n) is 12.2. The lowest BCUT2D eigenvalue weighted by molar-refractivity contribution is -0.117. The third-order valence-electron chi connectivity index (χ3n) is 6.08. The molecule has 2 aromatic rings. The lowest BCUT2D eigenvalue weighted by Crippen LogP contribution is -2.49. The zero-order valence-electron chi connectivity index (χ0n) is 20.3. The fraction of sp³-hybridized carbons (Fsp3) is 0.481. The minimum Gasteiger partial charge on any atom is -0.390 e. The molecule has 0 spiro atoms. The van der Waals surface area contributed by atoms with E-state index in [1.165, 1.54) is 4.90 Å². The normalized spacial score (nSPS) is 15.6. The zero-order valence-corrected chi connectivity index (χ0v) is 20.3. The molecule has 1 aliphatic rings. The van der Waals surface area contributed by atoms with E-state index in [-0.39, 0.29) is 23.2 Å². The van der Waals surface area contributed by atoms with Gasteiger partial charge in [-0.3, -0.25) is 9.59 Å². The van der Waals surface area contributed by atoms with Crippen LogP contribution < -0.4 is 15.5 Å². The lowest BCUT2D eigenvalue weighted by Gasteiger charge is -2.26. The van der Waals surface area contributed by atoms with Gasteiger partial charge >= 0.3 is 0 Å². The quantitative estimate of drug-likeness (QED) is 0.470. The average molecular weight is 470 g/mol. The number of aryl methyl sites for hydroxylation is 1. The number of anilines is 1. The maximum Gasteiger partial charge on any atom is 0.254 e. The summed E-state index contributed by atoms with van der Waals surface area (Å²) in [5, 5.41) is 16.9. The summed E-state index contributed by atoms with van der Waals surface area (Å²) in [4.78, 5) is 27.1. The average Bonchev–Trinajstić information content (AvgIpc) is 3.24. The van der Waals surface area contributed by atoms with E-state index in [9.17, 15) is 14.7 Å². The van der Waals surface area contributed by atoms with Crippen molar-refractivity contribution in [2.24, 2.45) is 0 Å². The van der Waals surface area contributed by atoms with Gasteiger partial charge in [0.2, 0.25) is 5.91 Å². The maximum atomic E-state index is 15.6. The summed E-state index contributed by atoms with van der Waals surface area (Å²) in [5.74, 6) is -1.41. The van der Waals surface area contributed by atoms with Crippen LogP contribution in [0, 0.1) is 5.82 Å². The van der Waals surface area contributed by atoms with Crippen LogP contribution in [0.5, 0.6) is 0 Å². The van der Waals surface area contributed by atoms with Crippen LogP contribution in [0.25, 0.3) is 0 Å². The molecule has 7 heteroatoms. The second-order valence-electron chi connectivity index (χ2n) is 9.28. The van der Waals surface area contributed by atoms with Gasteiger partial charge in [-0.25, -0.2) is 4.39 Å². The lowest BCUT2D eigenvalue weighted by atomic mass is 9.99. The Hall–Kier alpha value is -2.77. The summed E-state index contributed by atoms with van der Waals surface area (Å²) in [7, 11) is 0. The highest BCUT2D eigenvalue weighted by atomic mass is 19.1. The Morgan fingerprint density at radius 2 is 1.91 bits per heavy atom. The Labute approximate surface area is 201 Å². The first-order valence-corrected chi connectivity index (χ1v) is 12.2. The first kappa shape index (κ1) is 25.8. The highest BCUT2D eigenvalue weighted by Gasteiger charge is 2.29. The number of nitrogens with zero attached hydrogens (tertiary/aromatic N) is 1. The Kier molecular flexibility index (Phi) is 9.19. The van der Waals surface area contributed by atoms with Gasteiger partial charge in [-0.05, 0) is 42.5 Å². The number of halogens is 1. The van der Waals surface area contributed by atoms with Crippen molar-refractivity contribution in [3.63, 3.8) is 0 Å². The predicted octanol–water partition coefficient (Wildman–Crippen LogP) is 3.61. The number of amides is 2. The number of hydrogen-bond acceptors (Lipinski definition) is 4. The van der Waals surface area contributed by atoms with Crippen LogP contribution in [-0.4, -0.2) is 48.2 Å². The number of carbonyl (C=O) groups excluding carboxylic acids is 2. The Bertz CT molecular complexity index is 981. The fourth-order valence-corrected chi connectivity index (χ4v) is 4.26. The number of hydrogen-bond donors (Lipinski definition) is 3. The predicted molar refractivity (Wildman–Crippen MR) is 133 cm³/mol. The van der Waals surface area contributed by atoms with E-state index in [0.29, 0.717) is 38.8 Å². The monoisotopic (exact) mass is 469 g/mol. The van der Waals surface area contributed by atoms with E-state index >= 15 is 4.39 Å². The SMILES string of the molecule is CCCc1cc(C(=O)N[C@@H](Cc2ccccc2)[C@H](O)CNC(C)C)c(F)c(N2CCCC2=O)c1. The number of aliphatic hydroxyl groups is 1. The van der Waals surface area contributed by atoms with Gasteiger partial charge in [0, 0.05) is 25.6 Å². The van der Waals surface area contributed by atoms with Gasteiger partial charge < -0.3 is 20.6 Å². The molecule has 0 aliphatic carbocycles. The van der Waals surface area contributed by atoms with E-state index in [0.717, 1.165) is 17.5 Å². The number of carbonyl (C=O) groups is 2. The van der Waals surface area contributed by atoms with Gasteiger partial charge in [-0.2, -0.15) is 0 Å². The Morgan fingerprint density at radius 3 is 2.53 bits per heavy atom. The van der Waals surface area contributed by atoms with Gasteiger partial charge in [0.15, 0.2) is 5.82 Å². The van der Waals surface area contributed by atoms with E-state index < -0.39 is 23.9 Å². The maximum absolute atomic E-state index is 15.6. The van der Waals surface area contributed by atoms with Crippen molar-refractivity contribution in [1.29, 1.82) is 0 Å². The molecule has 0 bridgehead atoms. The molecule has 1 heterocycles. The molecule has 1 fully saturated rings. The summed E-state index contributed by atoms with van der Waals surface area (Å²) < 4.78 is 15.6. The molecular weight excluding hydrogens is 433 g/mol. The molecule has 3 rings (SSSR count). The smallest absolute Gasteiger partial charge is 0.254 e. The number of aliphatic hydroxyl groups excluding tert-OH is 1. The van der Waals surface area contributed by atoms with Crippen LogP contribution in [0.3, 0.4) is 0 Å². The molecule has 6 nitrogen and oxygen atoms in total. The minimum absolute atomic E-state index is 0.0947. The van der Waals surface area contributed by atoms with Gasteiger partial charge in [0.25, 0.3) is 5.91 Å². The van der Waals surface area contributed by atoms with E-state index in [4.69, 9.17) is 0 Å². The highest BCUT2D eigenvalue weighted by molar-refractivity contribution is 6.00. The molecule has 1 saturated heterocycles. The van der Waals surface area contributed by atoms with Crippen LogP contribution in [0.15, 0.2) is 42.5 Å². The molecule has 184 valence electrons. The third-order valence-corrected chi connectivity index (χ3v) is 6.08. The fourth-order valence-electron chi connectivity index (χ4n) is 4.26. The molecular formula is C27H36FN3O3. The van der Waals surface area contributed by atoms with Crippen LogP contribution in [0.4, 0.5) is 10.1 Å². The number of rotatable bonds is 11. The van der Waals surface area contributed by atoms with Crippen molar-refractivity contribution >= 4 is 17.5 Å². The standard InChI is InChI=1S/C27H36FN3O3/c1-4-9-20-14-21(26(28)23(16-20)31-13-8-12-25(31)33)27(34)30-22(24(32)17-29-18(2)3)15-19-10-6-5-7-11-19/h5-7,10-11,14,16,18,22,24,29,32H,4,8-9,12-13,15,17H2,1-3H3,(H,30,34)/t22-,24+/m0/s1. The van der Waals surface area contributed by atoms with Crippen LogP contribution in [0.2, 0.25) is 0 Å². The van der Waals surface area contributed by atoms with Gasteiger partial charge in [0.05, 0.1) is 23.4 Å². The van der Waals surface area contributed by atoms with Crippen molar-refractivity contribution in [1.82, 2.24) is 10.6 Å². The zero-order chi connectivity index (χ0) is 24.7. The van der Waals surface area contributed by atoms with Crippen LogP contribution >= 0.6 is 0 Å². The molecule has 3 N–H and O–H groups in total. The van der Waals surface area contributed by atoms with Gasteiger partial charge in [-0.1, -0.05) is 57.5 Å². The highest BCUT2D eigenvalue weighted by Crippen LogP contribution is 2.29. The van der Waals surface area contributed by atoms with Gasteiger partial charge in [-0.15, -0.1) is 0 Å². The molecule has 2 atom stereocenters. The van der Waals surface area contributed by atoms with E-state index in [2.05, 4.69) is 10.6 Å². The Balaban J connectivity index is 1.89. The third kappa shape index (κ3) is 6.64. The van der Waals surface area contributed by atoms with Crippen LogP contribution in [0.1, 0.15) is 61.5 Å². The van der Waals surface area contributed by atoms with Crippen molar-refractivity contribution < 1.29 is 19.1 Å². The van der Waals surface area contributed by atoms with E-state index in [1.54, 1.807) is 12.1 Å². The second-order valence-corrected chi connectivity index (χ2v) is 9.28. The Morgan fingerprint density at radius 1 is 1.18 bits per heavy atom. The second kappa shape index (κ2) is 12.1. The van der Waals surface area contributed by atoms with Crippen LogP contribution in [-0.2, 0) is 17.6 Å². The molecule has 0 aromatic heterocycles. The van der Waals surface area contributed by atoms with Crippen molar-refractivity contribution in [2.45, 2.75) is 71.1 Å².